The van der Waals surface area contributed by atoms with Crippen molar-refractivity contribution >= 4 is 23.6 Å². The maximum Gasteiger partial charge on any atom is 0.353 e. The van der Waals surface area contributed by atoms with Crippen LogP contribution in [0.1, 0.15) is 13.8 Å². The highest BCUT2D eigenvalue weighted by atomic mass is 32.2. The summed E-state index contributed by atoms with van der Waals surface area (Å²) < 4.78 is 3.99. The number of rotatable bonds is 4. The fraction of sp³-hybridized carbons (Fsp3) is 0.600. The van der Waals surface area contributed by atoms with Gasteiger partial charge in [0.05, 0.1) is 29.9 Å². The molecular formula is C15H19N4O4S+. The molecule has 0 saturated carbocycles. The maximum absolute atomic E-state index is 12.3. The van der Waals surface area contributed by atoms with E-state index in [1.54, 1.807) is 19.6 Å². The number of carboxylic acid groups (broad SMARTS) is 1. The van der Waals surface area contributed by atoms with E-state index in [0.717, 1.165) is 18.0 Å². The topological polar surface area (TPSA) is 99.5 Å². The van der Waals surface area contributed by atoms with Crippen molar-refractivity contribution in [3.8, 4) is 0 Å². The first-order chi connectivity index (χ1) is 11.4. The number of nitrogens with zero attached hydrogens (tertiary/aromatic N) is 4. The van der Waals surface area contributed by atoms with E-state index in [2.05, 4.69) is 4.98 Å². The number of hydrogen-bond acceptors (Lipinski definition) is 5. The number of aliphatic carboxylic acids is 1. The molecule has 3 aliphatic rings. The third-order valence-electron chi connectivity index (χ3n) is 5.12. The largest absolute Gasteiger partial charge is 0.477 e. The lowest BCUT2D eigenvalue weighted by atomic mass is 9.79. The molecule has 0 aromatic carbocycles. The number of carbonyl (C=O) groups is 2. The van der Waals surface area contributed by atoms with Crippen LogP contribution >= 0.6 is 11.8 Å². The van der Waals surface area contributed by atoms with Gasteiger partial charge in [-0.1, -0.05) is 6.92 Å². The number of carbonyl (C=O) groups excluding carboxylic acids is 1. The van der Waals surface area contributed by atoms with Crippen LogP contribution in [0.4, 0.5) is 0 Å². The van der Waals surface area contributed by atoms with Gasteiger partial charge in [0.25, 0.3) is 0 Å². The minimum atomic E-state index is -1.07. The number of aliphatic hydroxyl groups excluding tert-OH is 1. The van der Waals surface area contributed by atoms with Gasteiger partial charge in [-0.25, -0.2) is 4.79 Å². The Morgan fingerprint density at radius 1 is 1.54 bits per heavy atom. The molecule has 24 heavy (non-hydrogen) atoms. The lowest BCUT2D eigenvalue weighted by Gasteiger charge is -2.46. The predicted molar refractivity (Wildman–Crippen MR) is 83.4 cm³/mol. The summed E-state index contributed by atoms with van der Waals surface area (Å²) in [4.78, 5) is 30.3. The second kappa shape index (κ2) is 5.32. The summed E-state index contributed by atoms with van der Waals surface area (Å²) in [5, 5.41) is 19.7. The summed E-state index contributed by atoms with van der Waals surface area (Å²) in [7, 11) is 0. The minimum Gasteiger partial charge on any atom is -0.477 e. The number of thioether (sulfide) groups is 1. The molecule has 0 spiro atoms. The molecule has 0 unspecified atom stereocenters. The third kappa shape index (κ3) is 2.04. The van der Waals surface area contributed by atoms with Gasteiger partial charge in [-0.05, 0) is 11.9 Å². The van der Waals surface area contributed by atoms with E-state index in [-0.39, 0.29) is 28.8 Å². The first-order valence-electron chi connectivity index (χ1n) is 7.95. The summed E-state index contributed by atoms with van der Waals surface area (Å²) in [5.41, 5.74) is 0.0964. The highest BCUT2D eigenvalue weighted by Crippen LogP contribution is 2.51. The molecule has 1 amide bonds. The Hall–Kier alpha value is -1.87. The van der Waals surface area contributed by atoms with Crippen LogP contribution in [0.2, 0.25) is 0 Å². The van der Waals surface area contributed by atoms with Crippen molar-refractivity contribution in [2.45, 2.75) is 44.3 Å². The van der Waals surface area contributed by atoms with Crippen molar-refractivity contribution in [3.05, 3.63) is 23.3 Å². The molecule has 0 aliphatic carbocycles. The summed E-state index contributed by atoms with van der Waals surface area (Å²) in [6, 6.07) is -0.249. The zero-order valence-electron chi connectivity index (χ0n) is 13.4. The molecule has 1 saturated heterocycles. The summed E-state index contributed by atoms with van der Waals surface area (Å²) in [6.07, 6.45) is 2.74. The molecule has 2 N–H and O–H groups in total. The van der Waals surface area contributed by atoms with Gasteiger partial charge < -0.3 is 15.1 Å². The molecule has 1 aromatic heterocycles. The van der Waals surface area contributed by atoms with E-state index in [1.807, 2.05) is 16.3 Å². The molecule has 4 rings (SSSR count). The first-order valence-corrected chi connectivity index (χ1v) is 8.83. The Bertz CT molecular complexity index is 738. The highest BCUT2D eigenvalue weighted by Gasteiger charge is 2.60. The summed E-state index contributed by atoms with van der Waals surface area (Å²) >= 11 is 1.54. The van der Waals surface area contributed by atoms with Gasteiger partial charge in [-0.2, -0.15) is 9.36 Å². The second-order valence-corrected chi connectivity index (χ2v) is 7.98. The van der Waals surface area contributed by atoms with Crippen molar-refractivity contribution in [2.75, 3.05) is 0 Å². The van der Waals surface area contributed by atoms with E-state index >= 15 is 0 Å². The molecule has 3 aliphatic heterocycles. The molecule has 128 valence electrons. The molecule has 4 heterocycles. The lowest BCUT2D eigenvalue weighted by Crippen LogP contribution is -2.63. The Kier molecular flexibility index (Phi) is 3.47. The van der Waals surface area contributed by atoms with E-state index in [1.165, 1.54) is 16.7 Å². The number of β-lactam (4-membered cyclic amide) rings is 1. The van der Waals surface area contributed by atoms with Crippen LogP contribution in [0.3, 0.4) is 0 Å². The van der Waals surface area contributed by atoms with Crippen LogP contribution < -0.4 is 4.68 Å². The number of fused-ring (bicyclic) bond motifs is 2. The van der Waals surface area contributed by atoms with Crippen molar-refractivity contribution < 1.29 is 24.5 Å². The molecule has 0 radical (unpaired) electrons. The van der Waals surface area contributed by atoms with Crippen molar-refractivity contribution in [1.29, 1.82) is 0 Å². The fourth-order valence-electron chi connectivity index (χ4n) is 4.03. The van der Waals surface area contributed by atoms with Crippen LogP contribution in [0.15, 0.2) is 23.3 Å². The number of aromatic nitrogens is 3. The standard InChI is InChI=1S/C15H18N4O4S/c1-7-11-10(8(2)20)14(21)19(11)12(15(22)23)13(7)24-9-3-17-5-16-6-18(17)4-9/h5-11,20H,3-4H2,1-2H3/p+1/t7-,8-,10-,11-/m1/s1. The smallest absolute Gasteiger partial charge is 0.353 e. The normalized spacial score (nSPS) is 32.6. The van der Waals surface area contributed by atoms with Crippen LogP contribution in [0, 0.1) is 11.8 Å². The molecular weight excluding hydrogens is 332 g/mol. The quantitative estimate of drug-likeness (QED) is 0.557. The van der Waals surface area contributed by atoms with Gasteiger partial charge >= 0.3 is 12.3 Å². The molecule has 1 fully saturated rings. The van der Waals surface area contributed by atoms with Gasteiger partial charge in [0.15, 0.2) is 0 Å². The van der Waals surface area contributed by atoms with Gasteiger partial charge in [0.2, 0.25) is 12.2 Å². The van der Waals surface area contributed by atoms with Gasteiger partial charge in [0.1, 0.15) is 12.2 Å². The zero-order valence-corrected chi connectivity index (χ0v) is 14.2. The first kappa shape index (κ1) is 15.6. The Balaban J connectivity index is 1.61. The van der Waals surface area contributed by atoms with Crippen LogP contribution in [0.25, 0.3) is 0 Å². The van der Waals surface area contributed by atoms with Gasteiger partial charge in [-0.3, -0.25) is 4.79 Å². The van der Waals surface area contributed by atoms with Gasteiger partial charge in [-0.15, -0.1) is 11.8 Å². The number of amides is 1. The fourth-order valence-corrected chi connectivity index (χ4v) is 5.49. The van der Waals surface area contributed by atoms with E-state index in [4.69, 9.17) is 0 Å². The molecule has 8 nitrogen and oxygen atoms in total. The molecule has 0 bridgehead atoms. The van der Waals surface area contributed by atoms with Gasteiger partial charge in [0, 0.05) is 10.8 Å². The minimum absolute atomic E-state index is 0.0820. The van der Waals surface area contributed by atoms with Crippen LogP contribution in [0.5, 0.6) is 0 Å². The van der Waals surface area contributed by atoms with Crippen molar-refractivity contribution in [3.63, 3.8) is 0 Å². The van der Waals surface area contributed by atoms with Crippen LogP contribution in [-0.4, -0.2) is 54.1 Å². The van der Waals surface area contributed by atoms with Crippen molar-refractivity contribution in [1.82, 2.24) is 14.6 Å². The SMILES string of the molecule is C[C@@H](O)[C@H]1C(=O)N2C(C(=O)O)=C(SC3Cn4cnc[n+]4C3)[C@H](C)[C@H]12. The molecule has 1 aromatic rings. The van der Waals surface area contributed by atoms with E-state index in [0.29, 0.717) is 0 Å². The Morgan fingerprint density at radius 3 is 2.92 bits per heavy atom. The number of carboxylic acids is 1. The lowest BCUT2D eigenvalue weighted by molar-refractivity contribution is -0.758. The third-order valence-corrected chi connectivity index (χ3v) is 6.57. The Morgan fingerprint density at radius 2 is 2.29 bits per heavy atom. The van der Waals surface area contributed by atoms with Crippen LogP contribution in [-0.2, 0) is 22.7 Å². The summed E-state index contributed by atoms with van der Waals surface area (Å²) in [5.74, 6) is -1.95. The average molecular weight is 351 g/mol. The van der Waals surface area contributed by atoms with E-state index < -0.39 is 18.0 Å². The zero-order chi connectivity index (χ0) is 17.2. The Labute approximate surface area is 142 Å². The monoisotopic (exact) mass is 351 g/mol. The predicted octanol–water partition coefficient (Wildman–Crippen LogP) is -0.560. The molecule has 9 heteroatoms. The number of hydrogen-bond donors (Lipinski definition) is 2. The molecule has 4 atom stereocenters. The van der Waals surface area contributed by atoms with E-state index in [9.17, 15) is 19.8 Å². The average Bonchev–Trinajstić information content (AvgIpc) is 3.12. The summed E-state index contributed by atoms with van der Waals surface area (Å²) in [6.45, 7) is 5.05. The maximum atomic E-state index is 12.3. The highest BCUT2D eigenvalue weighted by molar-refractivity contribution is 8.03. The number of aliphatic hydroxyl groups is 1. The van der Waals surface area contributed by atoms with Crippen molar-refractivity contribution in [2.24, 2.45) is 11.8 Å². The second-order valence-electron chi connectivity index (χ2n) is 6.64.